The van der Waals surface area contributed by atoms with Crippen molar-refractivity contribution in [3.8, 4) is 11.5 Å². The molecule has 0 aromatic heterocycles. The molecule has 0 bridgehead atoms. The zero-order valence-electron chi connectivity index (χ0n) is 33.5. The number of nitrogens with two attached hydrogens (primary N) is 1. The van der Waals surface area contributed by atoms with Gasteiger partial charge in [-0.2, -0.15) is 0 Å². The summed E-state index contributed by atoms with van der Waals surface area (Å²) in [6.45, 7) is 15.2. The Kier molecular flexibility index (Phi) is 12.3. The monoisotopic (exact) mass is 804 g/mol. The van der Waals surface area contributed by atoms with E-state index in [1.54, 1.807) is 19.1 Å². The average molecular weight is 805 g/mol. The predicted molar refractivity (Wildman–Crippen MR) is 207 cm³/mol. The number of benzene rings is 2. The highest BCUT2D eigenvalue weighted by Crippen LogP contribution is 2.48. The van der Waals surface area contributed by atoms with Gasteiger partial charge in [-0.25, -0.2) is 9.59 Å². The van der Waals surface area contributed by atoms with E-state index in [1.807, 2.05) is 26.8 Å². The molecule has 312 valence electrons. The molecular formula is C42H52N4O12. The Labute approximate surface area is 336 Å². The van der Waals surface area contributed by atoms with Crippen LogP contribution in [0.1, 0.15) is 54.7 Å². The maximum absolute atomic E-state index is 12.5. The SMILES string of the molecule is C[C@@H](O)[C@H]1C(=O)N2C(C(=O)O)=C(COc3ccc(C(N)=O)cc3)[C@H](C)[C@H]12.Cc1cc(OCC2=C(C(=O)O)N3C(=O)[C@H]([C@@H](C)O)[C@H]3[C@H]2C)c(C)cc1CN1CCOCC1. The third-order valence-electron chi connectivity index (χ3n) is 12.1. The highest BCUT2D eigenvalue weighted by molar-refractivity contribution is 6.01. The highest BCUT2D eigenvalue weighted by Gasteiger charge is 2.61. The Morgan fingerprint density at radius 3 is 1.72 bits per heavy atom. The molecule has 58 heavy (non-hydrogen) atoms. The minimum atomic E-state index is -1.19. The fourth-order valence-electron chi connectivity index (χ4n) is 8.88. The molecular weight excluding hydrogens is 752 g/mol. The predicted octanol–water partition coefficient (Wildman–Crippen LogP) is 2.07. The molecule has 16 heteroatoms. The van der Waals surface area contributed by atoms with Crippen LogP contribution in [-0.4, -0.2) is 129 Å². The number of ether oxygens (including phenoxy) is 3. The molecule has 5 aliphatic rings. The van der Waals surface area contributed by atoms with Crippen molar-refractivity contribution < 1.29 is 58.6 Å². The van der Waals surface area contributed by atoms with Gasteiger partial charge < -0.3 is 50.2 Å². The quantitative estimate of drug-likeness (QED) is 0.183. The summed E-state index contributed by atoms with van der Waals surface area (Å²) in [4.78, 5) is 64.4. The Bertz CT molecular complexity index is 2040. The van der Waals surface area contributed by atoms with Crippen molar-refractivity contribution >= 4 is 29.7 Å². The first-order chi connectivity index (χ1) is 27.4. The number of aliphatic hydroxyl groups is 2. The summed E-state index contributed by atoms with van der Waals surface area (Å²) in [5.41, 5.74) is 9.90. The van der Waals surface area contributed by atoms with Gasteiger partial charge in [0.15, 0.2) is 0 Å². The lowest BCUT2D eigenvalue weighted by Gasteiger charge is -2.46. The number of hydrogen-bond acceptors (Lipinski definition) is 11. The van der Waals surface area contributed by atoms with E-state index in [0.29, 0.717) is 28.2 Å². The lowest BCUT2D eigenvalue weighted by atomic mass is 9.78. The van der Waals surface area contributed by atoms with Gasteiger partial charge in [-0.3, -0.25) is 19.3 Å². The summed E-state index contributed by atoms with van der Waals surface area (Å²) in [5.74, 6) is -4.04. The Balaban J connectivity index is 0.000000200. The number of rotatable bonds is 13. The molecule has 6 N–H and O–H groups in total. The fourth-order valence-corrected chi connectivity index (χ4v) is 8.88. The van der Waals surface area contributed by atoms with Gasteiger partial charge in [0.25, 0.3) is 0 Å². The number of carboxylic acids is 2. The van der Waals surface area contributed by atoms with E-state index in [2.05, 4.69) is 17.9 Å². The summed E-state index contributed by atoms with van der Waals surface area (Å²) in [7, 11) is 0. The Morgan fingerprint density at radius 2 is 1.28 bits per heavy atom. The van der Waals surface area contributed by atoms with Gasteiger partial charge in [0, 0.05) is 48.2 Å². The van der Waals surface area contributed by atoms with Gasteiger partial charge in [-0.1, -0.05) is 19.9 Å². The first kappa shape index (κ1) is 42.3. The molecule has 16 nitrogen and oxygen atoms in total. The van der Waals surface area contributed by atoms with Gasteiger partial charge in [-0.05, 0) is 74.7 Å². The second-order valence-electron chi connectivity index (χ2n) is 15.8. The average Bonchev–Trinajstić information content (AvgIpc) is 3.56. The molecule has 3 amide bonds. The number of fused-ring (bicyclic) bond motifs is 2. The number of carbonyl (C=O) groups is 5. The first-order valence-electron chi connectivity index (χ1n) is 19.4. The third kappa shape index (κ3) is 7.80. The molecule has 0 saturated carbocycles. The van der Waals surface area contributed by atoms with Crippen molar-refractivity contribution in [2.75, 3.05) is 39.5 Å². The molecule has 3 fully saturated rings. The zero-order valence-corrected chi connectivity index (χ0v) is 33.5. The molecule has 2 aromatic rings. The number of hydrogen-bond donors (Lipinski definition) is 5. The largest absolute Gasteiger partial charge is 0.489 e. The van der Waals surface area contributed by atoms with E-state index in [0.717, 1.165) is 44.0 Å². The van der Waals surface area contributed by atoms with Crippen LogP contribution in [0, 0.1) is 37.5 Å². The number of morpholine rings is 1. The number of aliphatic carboxylic acids is 2. The van der Waals surface area contributed by atoms with Crippen molar-refractivity contribution in [3.63, 3.8) is 0 Å². The third-order valence-corrected chi connectivity index (χ3v) is 12.1. The van der Waals surface area contributed by atoms with Crippen LogP contribution in [0.25, 0.3) is 0 Å². The summed E-state index contributed by atoms with van der Waals surface area (Å²) in [6.07, 6.45) is -1.66. The standard InChI is InChI=1S/C24H32N2O6.C18H20N2O6/c1-13-10-19(14(2)9-17(13)11-25-5-7-31-8-6-25)32-12-18-15(3)21-20(16(4)27)23(28)26(21)22(18)24(29)30;1-8-12(7-26-11-5-3-10(4-6-11)16(19)22)15(18(24)25)20-14(8)13(9(2)21)17(20)23/h9-10,15-16,20-21,27H,5-8,11-12H2,1-4H3,(H,29,30);3-6,8-9,13-14,21H,7H2,1-2H3,(H2,19,22)(H,24,25)/t15-,16+,20+,21+;8-,9+,13+,14+/m00/s1. The minimum Gasteiger partial charge on any atom is -0.489 e. The van der Waals surface area contributed by atoms with E-state index in [9.17, 15) is 44.4 Å². The van der Waals surface area contributed by atoms with Gasteiger partial charge in [0.1, 0.15) is 36.1 Å². The lowest BCUT2D eigenvalue weighted by molar-refractivity contribution is -0.163. The fraction of sp³-hybridized carbons (Fsp3) is 0.500. The Morgan fingerprint density at radius 1 is 0.793 bits per heavy atom. The van der Waals surface area contributed by atoms with Crippen molar-refractivity contribution in [3.05, 3.63) is 81.2 Å². The lowest BCUT2D eigenvalue weighted by Crippen LogP contribution is -2.63. The summed E-state index contributed by atoms with van der Waals surface area (Å²) in [6, 6.07) is 9.61. The van der Waals surface area contributed by atoms with E-state index in [1.165, 1.54) is 34.4 Å². The second kappa shape index (κ2) is 16.9. The maximum Gasteiger partial charge on any atom is 0.352 e. The molecule has 5 aliphatic heterocycles. The molecule has 5 heterocycles. The van der Waals surface area contributed by atoms with E-state index < -0.39 is 41.9 Å². The summed E-state index contributed by atoms with van der Waals surface area (Å²) >= 11 is 0. The van der Waals surface area contributed by atoms with Crippen LogP contribution < -0.4 is 15.2 Å². The second-order valence-corrected chi connectivity index (χ2v) is 15.8. The van der Waals surface area contributed by atoms with Crippen LogP contribution in [-0.2, 0) is 30.5 Å². The van der Waals surface area contributed by atoms with Crippen LogP contribution in [0.15, 0.2) is 58.9 Å². The molecule has 3 saturated heterocycles. The number of nitrogens with zero attached hydrogens (tertiary/aromatic N) is 3. The summed E-state index contributed by atoms with van der Waals surface area (Å²) < 4.78 is 17.2. The maximum atomic E-state index is 12.5. The van der Waals surface area contributed by atoms with Crippen molar-refractivity contribution in [2.24, 2.45) is 29.4 Å². The molecule has 0 unspecified atom stereocenters. The van der Waals surface area contributed by atoms with Crippen LogP contribution >= 0.6 is 0 Å². The van der Waals surface area contributed by atoms with Crippen LogP contribution in [0.3, 0.4) is 0 Å². The van der Waals surface area contributed by atoms with Gasteiger partial charge in [-0.15, -0.1) is 0 Å². The van der Waals surface area contributed by atoms with Gasteiger partial charge in [0.05, 0.1) is 49.3 Å². The van der Waals surface area contributed by atoms with Crippen LogP contribution in [0.2, 0.25) is 0 Å². The van der Waals surface area contributed by atoms with Crippen LogP contribution in [0.4, 0.5) is 0 Å². The number of β-lactam (4-membered cyclic amide) rings is 2. The van der Waals surface area contributed by atoms with Gasteiger partial charge >= 0.3 is 11.9 Å². The number of carbonyl (C=O) groups excluding carboxylic acids is 3. The number of carboxylic acid groups (broad SMARTS) is 2. The highest BCUT2D eigenvalue weighted by atomic mass is 16.5. The Hall–Kier alpha value is -5.29. The molecule has 0 aliphatic carbocycles. The van der Waals surface area contributed by atoms with E-state index in [-0.39, 0.29) is 60.3 Å². The van der Waals surface area contributed by atoms with E-state index >= 15 is 0 Å². The normalized spacial score (nSPS) is 26.2. The topological polar surface area (TPSA) is 230 Å². The first-order valence-corrected chi connectivity index (χ1v) is 19.4. The number of primary amides is 1. The number of aryl methyl sites for hydroxylation is 2. The minimum absolute atomic E-state index is 0.00251. The molecule has 7 rings (SSSR count). The van der Waals surface area contributed by atoms with Crippen LogP contribution in [0.5, 0.6) is 11.5 Å². The zero-order chi connectivity index (χ0) is 42.3. The van der Waals surface area contributed by atoms with Crippen molar-refractivity contribution in [2.45, 2.75) is 72.4 Å². The number of aliphatic hydroxyl groups excluding tert-OH is 2. The van der Waals surface area contributed by atoms with E-state index in [4.69, 9.17) is 19.9 Å². The van der Waals surface area contributed by atoms with Crippen molar-refractivity contribution in [1.82, 2.24) is 14.7 Å². The van der Waals surface area contributed by atoms with Crippen molar-refractivity contribution in [1.29, 1.82) is 0 Å². The molecule has 0 spiro atoms. The smallest absolute Gasteiger partial charge is 0.352 e. The number of amides is 3. The summed E-state index contributed by atoms with van der Waals surface area (Å²) in [5, 5.41) is 39.1. The molecule has 8 atom stereocenters. The molecule has 2 aromatic carbocycles. The van der Waals surface area contributed by atoms with Gasteiger partial charge in [0.2, 0.25) is 17.7 Å². The molecule has 0 radical (unpaired) electrons.